The molecule has 0 fully saturated rings. The second-order valence-corrected chi connectivity index (χ2v) is 4.74. The monoisotopic (exact) mass is 232 g/mol. The first-order chi connectivity index (χ1) is 7.58. The first kappa shape index (κ1) is 10.9. The van der Waals surface area contributed by atoms with E-state index in [2.05, 4.69) is 0 Å². The second-order valence-electron chi connectivity index (χ2n) is 3.83. The Hall–Kier alpha value is -1.61. The summed E-state index contributed by atoms with van der Waals surface area (Å²) in [6.45, 7) is 3.95. The number of benzene rings is 1. The van der Waals surface area contributed by atoms with E-state index in [1.165, 1.54) is 5.56 Å². The zero-order valence-electron chi connectivity index (χ0n) is 9.15. The van der Waals surface area contributed by atoms with Crippen LogP contribution < -0.4 is 0 Å². The van der Waals surface area contributed by atoms with Crippen molar-refractivity contribution in [1.29, 1.82) is 0 Å². The van der Waals surface area contributed by atoms with Gasteiger partial charge in [-0.2, -0.15) is 0 Å². The highest BCUT2D eigenvalue weighted by Crippen LogP contribution is 2.30. The standard InChI is InChI=1S/C13H12O2S/c1-8-5-10(7-11(6-8)13(14)15)12-9(2)3-4-16-12/h3-7H,1-2H3,(H,14,15). The first-order valence-corrected chi connectivity index (χ1v) is 5.85. The van der Waals surface area contributed by atoms with Gasteiger partial charge in [-0.15, -0.1) is 11.3 Å². The molecule has 0 amide bonds. The lowest BCUT2D eigenvalue weighted by atomic mass is 10.0. The minimum Gasteiger partial charge on any atom is -0.478 e. The Bertz CT molecular complexity index is 541. The van der Waals surface area contributed by atoms with Crippen LogP contribution in [0, 0.1) is 13.8 Å². The summed E-state index contributed by atoms with van der Waals surface area (Å²) in [5.74, 6) is -0.876. The predicted molar refractivity (Wildman–Crippen MR) is 66.2 cm³/mol. The summed E-state index contributed by atoms with van der Waals surface area (Å²) < 4.78 is 0. The molecular weight excluding hydrogens is 220 g/mol. The van der Waals surface area contributed by atoms with Gasteiger partial charge < -0.3 is 5.11 Å². The van der Waals surface area contributed by atoms with Crippen LogP contribution in [0.3, 0.4) is 0 Å². The summed E-state index contributed by atoms with van der Waals surface area (Å²) in [5.41, 5.74) is 3.50. The molecule has 0 spiro atoms. The number of carboxylic acid groups (broad SMARTS) is 1. The Balaban J connectivity index is 2.58. The molecule has 2 rings (SSSR count). The quantitative estimate of drug-likeness (QED) is 0.856. The van der Waals surface area contributed by atoms with Crippen LogP contribution in [0.1, 0.15) is 21.5 Å². The summed E-state index contributed by atoms with van der Waals surface area (Å²) >= 11 is 1.64. The fourth-order valence-corrected chi connectivity index (χ4v) is 2.62. The number of aromatic carboxylic acids is 1. The van der Waals surface area contributed by atoms with Crippen LogP contribution in [0.5, 0.6) is 0 Å². The van der Waals surface area contributed by atoms with E-state index in [0.29, 0.717) is 5.56 Å². The minimum absolute atomic E-state index is 0.350. The molecule has 16 heavy (non-hydrogen) atoms. The van der Waals surface area contributed by atoms with Gasteiger partial charge in [0, 0.05) is 4.88 Å². The van der Waals surface area contributed by atoms with Gasteiger partial charge in [-0.05, 0) is 54.1 Å². The van der Waals surface area contributed by atoms with E-state index in [0.717, 1.165) is 16.0 Å². The van der Waals surface area contributed by atoms with Gasteiger partial charge in [0.15, 0.2) is 0 Å². The molecule has 0 atom stereocenters. The lowest BCUT2D eigenvalue weighted by Crippen LogP contribution is -1.97. The van der Waals surface area contributed by atoms with E-state index >= 15 is 0 Å². The Morgan fingerprint density at radius 1 is 1.25 bits per heavy atom. The van der Waals surface area contributed by atoms with E-state index in [-0.39, 0.29) is 0 Å². The fourth-order valence-electron chi connectivity index (χ4n) is 1.71. The summed E-state index contributed by atoms with van der Waals surface area (Å²) in [5, 5.41) is 11.0. The first-order valence-electron chi connectivity index (χ1n) is 4.97. The molecule has 1 N–H and O–H groups in total. The van der Waals surface area contributed by atoms with Crippen molar-refractivity contribution < 1.29 is 9.90 Å². The normalized spacial score (nSPS) is 10.4. The Kier molecular flexibility index (Phi) is 2.79. The summed E-state index contributed by atoms with van der Waals surface area (Å²) in [6, 6.07) is 7.48. The van der Waals surface area contributed by atoms with E-state index in [4.69, 9.17) is 5.11 Å². The molecule has 0 aliphatic heterocycles. The van der Waals surface area contributed by atoms with Crippen LogP contribution in [-0.4, -0.2) is 11.1 Å². The molecule has 2 nitrogen and oxygen atoms in total. The van der Waals surface area contributed by atoms with Crippen LogP contribution in [-0.2, 0) is 0 Å². The smallest absolute Gasteiger partial charge is 0.335 e. The van der Waals surface area contributed by atoms with Crippen LogP contribution in [0.25, 0.3) is 10.4 Å². The van der Waals surface area contributed by atoms with Gasteiger partial charge in [0.1, 0.15) is 0 Å². The molecular formula is C13H12O2S. The molecule has 0 unspecified atom stereocenters. The van der Waals surface area contributed by atoms with Crippen molar-refractivity contribution >= 4 is 17.3 Å². The third-order valence-corrected chi connectivity index (χ3v) is 3.51. The van der Waals surface area contributed by atoms with Gasteiger partial charge in [-0.1, -0.05) is 6.07 Å². The number of carboxylic acids is 1. The summed E-state index contributed by atoms with van der Waals surface area (Å²) in [4.78, 5) is 12.1. The largest absolute Gasteiger partial charge is 0.478 e. The van der Waals surface area contributed by atoms with Crippen LogP contribution >= 0.6 is 11.3 Å². The van der Waals surface area contributed by atoms with Crippen molar-refractivity contribution in [3.63, 3.8) is 0 Å². The van der Waals surface area contributed by atoms with Crippen LogP contribution in [0.2, 0.25) is 0 Å². The van der Waals surface area contributed by atoms with Crippen LogP contribution in [0.4, 0.5) is 0 Å². The van der Waals surface area contributed by atoms with E-state index in [1.807, 2.05) is 31.4 Å². The molecule has 0 aliphatic carbocycles. The molecule has 3 heteroatoms. The maximum atomic E-state index is 11.0. The number of carbonyl (C=O) groups is 1. The van der Waals surface area contributed by atoms with Crippen molar-refractivity contribution in [2.75, 3.05) is 0 Å². The highest BCUT2D eigenvalue weighted by molar-refractivity contribution is 7.13. The molecule has 0 radical (unpaired) electrons. The van der Waals surface area contributed by atoms with Crippen molar-refractivity contribution in [3.8, 4) is 10.4 Å². The molecule has 1 aromatic carbocycles. The topological polar surface area (TPSA) is 37.3 Å². The Morgan fingerprint density at radius 2 is 2.00 bits per heavy atom. The van der Waals surface area contributed by atoms with Gasteiger partial charge in [0.2, 0.25) is 0 Å². The van der Waals surface area contributed by atoms with Crippen LogP contribution in [0.15, 0.2) is 29.6 Å². The van der Waals surface area contributed by atoms with E-state index in [9.17, 15) is 4.79 Å². The number of thiophene rings is 1. The van der Waals surface area contributed by atoms with Crippen molar-refractivity contribution in [2.24, 2.45) is 0 Å². The van der Waals surface area contributed by atoms with E-state index < -0.39 is 5.97 Å². The third-order valence-electron chi connectivity index (χ3n) is 2.45. The molecule has 0 bridgehead atoms. The molecule has 0 saturated carbocycles. The van der Waals surface area contributed by atoms with Gasteiger partial charge in [0.25, 0.3) is 0 Å². The Morgan fingerprint density at radius 3 is 2.56 bits per heavy atom. The van der Waals surface area contributed by atoms with Crippen molar-refractivity contribution in [2.45, 2.75) is 13.8 Å². The summed E-state index contributed by atoms with van der Waals surface area (Å²) in [6.07, 6.45) is 0. The lowest BCUT2D eigenvalue weighted by molar-refractivity contribution is 0.0697. The number of rotatable bonds is 2. The number of hydrogen-bond acceptors (Lipinski definition) is 2. The maximum absolute atomic E-state index is 11.0. The highest BCUT2D eigenvalue weighted by Gasteiger charge is 2.09. The second kappa shape index (κ2) is 4.10. The zero-order valence-corrected chi connectivity index (χ0v) is 9.97. The molecule has 2 aromatic rings. The molecule has 1 aromatic heterocycles. The third kappa shape index (κ3) is 1.99. The maximum Gasteiger partial charge on any atom is 0.335 e. The lowest BCUT2D eigenvalue weighted by Gasteiger charge is -2.04. The van der Waals surface area contributed by atoms with Gasteiger partial charge >= 0.3 is 5.97 Å². The number of aryl methyl sites for hydroxylation is 2. The molecule has 82 valence electrons. The molecule has 0 aliphatic rings. The fraction of sp³-hybridized carbons (Fsp3) is 0.154. The SMILES string of the molecule is Cc1cc(C(=O)O)cc(-c2sccc2C)c1. The van der Waals surface area contributed by atoms with Gasteiger partial charge in [-0.3, -0.25) is 0 Å². The average Bonchev–Trinajstić information content (AvgIpc) is 2.63. The Labute approximate surface area is 98.2 Å². The molecule has 1 heterocycles. The van der Waals surface area contributed by atoms with Gasteiger partial charge in [0.05, 0.1) is 5.56 Å². The average molecular weight is 232 g/mol. The van der Waals surface area contributed by atoms with Crippen molar-refractivity contribution in [3.05, 3.63) is 46.3 Å². The minimum atomic E-state index is -0.876. The zero-order chi connectivity index (χ0) is 11.7. The molecule has 0 saturated heterocycles. The highest BCUT2D eigenvalue weighted by atomic mass is 32.1. The van der Waals surface area contributed by atoms with Crippen molar-refractivity contribution in [1.82, 2.24) is 0 Å². The van der Waals surface area contributed by atoms with E-state index in [1.54, 1.807) is 23.5 Å². The summed E-state index contributed by atoms with van der Waals surface area (Å²) in [7, 11) is 0. The predicted octanol–water partition coefficient (Wildman–Crippen LogP) is 3.73. The number of hydrogen-bond donors (Lipinski definition) is 1. The van der Waals surface area contributed by atoms with Gasteiger partial charge in [-0.25, -0.2) is 4.79 Å².